The van der Waals surface area contributed by atoms with Crippen molar-refractivity contribution in [2.75, 3.05) is 0 Å². The smallest absolute Gasteiger partial charge is 0.240 e. The van der Waals surface area contributed by atoms with Crippen LogP contribution in [0.3, 0.4) is 0 Å². The molecule has 0 spiro atoms. The molecule has 0 unspecified atom stereocenters. The zero-order valence-corrected chi connectivity index (χ0v) is 10.7. The summed E-state index contributed by atoms with van der Waals surface area (Å²) in [4.78, 5) is 15.4. The summed E-state index contributed by atoms with van der Waals surface area (Å²) in [5, 5.41) is 3.83. The highest BCUT2D eigenvalue weighted by Gasteiger charge is 1.97. The molecule has 0 saturated heterocycles. The molecule has 0 radical (unpaired) electrons. The third-order valence-corrected chi connectivity index (χ3v) is 2.32. The van der Waals surface area contributed by atoms with Gasteiger partial charge in [-0.1, -0.05) is 19.4 Å². The average molecular weight is 284 g/mol. The Bertz CT molecular complexity index is 379. The van der Waals surface area contributed by atoms with Crippen LogP contribution in [0.1, 0.15) is 31.9 Å². The van der Waals surface area contributed by atoms with E-state index in [4.69, 9.17) is 0 Å². The number of hydrazone groups is 1. The van der Waals surface area contributed by atoms with Crippen molar-refractivity contribution in [2.24, 2.45) is 5.10 Å². The van der Waals surface area contributed by atoms with Crippen molar-refractivity contribution < 1.29 is 4.79 Å². The number of halogens is 1. The third kappa shape index (κ3) is 5.02. The number of amides is 1. The molecule has 4 nitrogen and oxygen atoms in total. The Hall–Kier alpha value is -1.23. The van der Waals surface area contributed by atoms with Gasteiger partial charge in [-0.3, -0.25) is 4.79 Å². The van der Waals surface area contributed by atoms with Crippen molar-refractivity contribution in [3.63, 3.8) is 0 Å². The van der Waals surface area contributed by atoms with Crippen molar-refractivity contribution >= 4 is 28.1 Å². The van der Waals surface area contributed by atoms with Gasteiger partial charge in [0.15, 0.2) is 0 Å². The van der Waals surface area contributed by atoms with E-state index in [9.17, 15) is 4.79 Å². The number of carbonyl (C=O) groups excluding carboxylic acids is 1. The number of aromatic nitrogens is 1. The zero-order valence-electron chi connectivity index (χ0n) is 9.11. The molecular formula is C11H14BrN3O. The molecule has 1 amide bonds. The number of unbranched alkanes of at least 4 members (excludes halogenated alkanes) is 1. The number of hydrogen-bond donors (Lipinski definition) is 1. The van der Waals surface area contributed by atoms with Crippen molar-refractivity contribution in [3.8, 4) is 0 Å². The van der Waals surface area contributed by atoms with Crippen LogP contribution in [-0.4, -0.2) is 17.1 Å². The van der Waals surface area contributed by atoms with E-state index < -0.39 is 0 Å². The number of rotatable bonds is 5. The van der Waals surface area contributed by atoms with Gasteiger partial charge in [-0.05, 0) is 34.5 Å². The van der Waals surface area contributed by atoms with Gasteiger partial charge in [0.25, 0.3) is 0 Å². The fourth-order valence-corrected chi connectivity index (χ4v) is 1.42. The fourth-order valence-electron chi connectivity index (χ4n) is 1.06. The Balaban J connectivity index is 2.40. The molecule has 1 rings (SSSR count). The van der Waals surface area contributed by atoms with E-state index in [-0.39, 0.29) is 5.91 Å². The van der Waals surface area contributed by atoms with Gasteiger partial charge in [0.1, 0.15) is 4.60 Å². The number of hydrogen-bond acceptors (Lipinski definition) is 3. The maximum atomic E-state index is 11.2. The Morgan fingerprint density at radius 3 is 3.12 bits per heavy atom. The predicted octanol–water partition coefficient (Wildman–Crippen LogP) is 2.48. The SMILES string of the molecule is CCCCC(=O)N/N=C/c1cccc(Br)n1. The molecule has 0 bridgehead atoms. The molecule has 5 heteroatoms. The fraction of sp³-hybridized carbons (Fsp3) is 0.364. The largest absolute Gasteiger partial charge is 0.273 e. The van der Waals surface area contributed by atoms with Crippen molar-refractivity contribution in [1.82, 2.24) is 10.4 Å². The van der Waals surface area contributed by atoms with Gasteiger partial charge in [0.2, 0.25) is 5.91 Å². The van der Waals surface area contributed by atoms with E-state index in [1.807, 2.05) is 25.1 Å². The summed E-state index contributed by atoms with van der Waals surface area (Å²) in [7, 11) is 0. The first-order valence-electron chi connectivity index (χ1n) is 5.17. The Kier molecular flexibility index (Phi) is 5.71. The van der Waals surface area contributed by atoms with Gasteiger partial charge in [-0.2, -0.15) is 5.10 Å². The highest BCUT2D eigenvalue weighted by atomic mass is 79.9. The van der Waals surface area contributed by atoms with Crippen LogP contribution >= 0.6 is 15.9 Å². The first-order chi connectivity index (χ1) is 7.72. The summed E-state index contributed by atoms with van der Waals surface area (Å²) >= 11 is 3.26. The van der Waals surface area contributed by atoms with E-state index in [0.29, 0.717) is 12.1 Å². The van der Waals surface area contributed by atoms with Gasteiger partial charge >= 0.3 is 0 Å². The minimum Gasteiger partial charge on any atom is -0.273 e. The second kappa shape index (κ2) is 7.11. The molecule has 0 aliphatic heterocycles. The first-order valence-corrected chi connectivity index (χ1v) is 5.96. The van der Waals surface area contributed by atoms with Crippen LogP contribution in [0.25, 0.3) is 0 Å². The average Bonchev–Trinajstić information content (AvgIpc) is 2.26. The molecule has 1 N–H and O–H groups in total. The first kappa shape index (κ1) is 12.8. The van der Waals surface area contributed by atoms with E-state index in [2.05, 4.69) is 31.4 Å². The second-order valence-electron chi connectivity index (χ2n) is 3.28. The molecule has 16 heavy (non-hydrogen) atoms. The molecule has 86 valence electrons. The van der Waals surface area contributed by atoms with E-state index in [1.165, 1.54) is 6.21 Å². The van der Waals surface area contributed by atoms with Gasteiger partial charge < -0.3 is 0 Å². The molecule has 1 heterocycles. The number of pyridine rings is 1. The van der Waals surface area contributed by atoms with Crippen LogP contribution in [0.5, 0.6) is 0 Å². The maximum Gasteiger partial charge on any atom is 0.240 e. The van der Waals surface area contributed by atoms with Crippen molar-refractivity contribution in [1.29, 1.82) is 0 Å². The standard InChI is InChI=1S/C11H14BrN3O/c1-2-3-7-11(16)15-13-8-9-5-4-6-10(12)14-9/h4-6,8H,2-3,7H2,1H3,(H,15,16)/b13-8+. The lowest BCUT2D eigenvalue weighted by atomic mass is 10.2. The molecule has 1 aromatic heterocycles. The van der Waals surface area contributed by atoms with E-state index in [1.54, 1.807) is 0 Å². The van der Waals surface area contributed by atoms with Crippen LogP contribution in [0.4, 0.5) is 0 Å². The van der Waals surface area contributed by atoms with Gasteiger partial charge in [-0.25, -0.2) is 10.4 Å². The van der Waals surface area contributed by atoms with Crippen LogP contribution in [-0.2, 0) is 4.79 Å². The maximum absolute atomic E-state index is 11.2. The molecule has 0 atom stereocenters. The molecule has 0 aromatic carbocycles. The van der Waals surface area contributed by atoms with Crippen LogP contribution < -0.4 is 5.43 Å². The number of nitrogens with zero attached hydrogens (tertiary/aromatic N) is 2. The quantitative estimate of drug-likeness (QED) is 0.513. The van der Waals surface area contributed by atoms with Gasteiger partial charge in [0, 0.05) is 6.42 Å². The highest BCUT2D eigenvalue weighted by Crippen LogP contribution is 2.04. The predicted molar refractivity (Wildman–Crippen MR) is 67.2 cm³/mol. The van der Waals surface area contributed by atoms with E-state index >= 15 is 0 Å². The summed E-state index contributed by atoms with van der Waals surface area (Å²) in [6, 6.07) is 5.50. The zero-order chi connectivity index (χ0) is 11.8. The topological polar surface area (TPSA) is 54.4 Å². The lowest BCUT2D eigenvalue weighted by Crippen LogP contribution is -2.16. The normalized spacial score (nSPS) is 10.6. The van der Waals surface area contributed by atoms with Crippen LogP contribution in [0.2, 0.25) is 0 Å². The summed E-state index contributed by atoms with van der Waals surface area (Å²) in [6.45, 7) is 2.04. The number of carbonyl (C=O) groups is 1. The Labute approximate surface area is 103 Å². The monoisotopic (exact) mass is 283 g/mol. The molecule has 0 aliphatic rings. The Morgan fingerprint density at radius 1 is 1.62 bits per heavy atom. The summed E-state index contributed by atoms with van der Waals surface area (Å²) in [5.74, 6) is -0.0619. The lowest BCUT2D eigenvalue weighted by molar-refractivity contribution is -0.121. The second-order valence-corrected chi connectivity index (χ2v) is 4.09. The van der Waals surface area contributed by atoms with Gasteiger partial charge in [0.05, 0.1) is 11.9 Å². The Morgan fingerprint density at radius 2 is 2.44 bits per heavy atom. The summed E-state index contributed by atoms with van der Waals surface area (Å²) < 4.78 is 0.744. The van der Waals surface area contributed by atoms with Crippen molar-refractivity contribution in [2.45, 2.75) is 26.2 Å². The number of nitrogens with one attached hydrogen (secondary N) is 1. The minimum absolute atomic E-state index is 0.0619. The van der Waals surface area contributed by atoms with E-state index in [0.717, 1.165) is 17.4 Å². The highest BCUT2D eigenvalue weighted by molar-refractivity contribution is 9.10. The minimum atomic E-state index is -0.0619. The molecule has 0 fully saturated rings. The van der Waals surface area contributed by atoms with Gasteiger partial charge in [-0.15, -0.1) is 0 Å². The van der Waals surface area contributed by atoms with Crippen LogP contribution in [0, 0.1) is 0 Å². The molecule has 0 aliphatic carbocycles. The third-order valence-electron chi connectivity index (χ3n) is 1.88. The van der Waals surface area contributed by atoms with Crippen LogP contribution in [0.15, 0.2) is 27.9 Å². The van der Waals surface area contributed by atoms with Crippen molar-refractivity contribution in [3.05, 3.63) is 28.5 Å². The lowest BCUT2D eigenvalue weighted by Gasteiger charge is -1.97. The summed E-state index contributed by atoms with van der Waals surface area (Å²) in [6.07, 6.45) is 3.93. The molecule has 1 aromatic rings. The molecular weight excluding hydrogens is 270 g/mol. The molecule has 0 saturated carbocycles. The summed E-state index contributed by atoms with van der Waals surface area (Å²) in [5.41, 5.74) is 3.16.